The predicted molar refractivity (Wildman–Crippen MR) is 175 cm³/mol. The Bertz CT molecular complexity index is 1930. The van der Waals surface area contributed by atoms with Crippen LogP contribution in [0.2, 0.25) is 0 Å². The lowest BCUT2D eigenvalue weighted by Crippen LogP contribution is -2.29. The Morgan fingerprint density at radius 3 is 1.47 bits per heavy atom. The van der Waals surface area contributed by atoms with E-state index in [1.54, 1.807) is 0 Å². The monoisotopic (exact) mass is 776 g/mol. The van der Waals surface area contributed by atoms with E-state index in [0.717, 1.165) is 60.7 Å². The van der Waals surface area contributed by atoms with Gasteiger partial charge in [0.25, 0.3) is 28.4 Å². The van der Waals surface area contributed by atoms with Gasteiger partial charge in [0.2, 0.25) is 0 Å². The smallest absolute Gasteiger partial charge is 0.345 e. The SMILES string of the molecule is NNC(=O)c1cccc([N+](=O)[O-])c1.O=C(CNC(=O)c1ccc(C(F)(F)F)cc1)c1cccc([N+](=O)[O-])c1.O=C(Cl)c1ccc(C(F)(F)F)cc1.[2H]CF. The highest BCUT2D eigenvalue weighted by atomic mass is 35.5. The molecule has 4 rings (SSSR count). The zero-order valence-corrected chi connectivity index (χ0v) is 27.2. The maximum absolute atomic E-state index is 12.5. The molecule has 0 saturated carbocycles. The minimum atomic E-state index is -4.51. The molecule has 282 valence electrons. The number of nitrogen functional groups attached to an aromatic ring is 1. The fourth-order valence-electron chi connectivity index (χ4n) is 3.60. The molecule has 4 N–H and O–H groups in total. The van der Waals surface area contributed by atoms with Gasteiger partial charge in [-0.25, -0.2) is 5.84 Å². The Morgan fingerprint density at radius 1 is 0.698 bits per heavy atom. The standard InChI is InChI=1S/C16H11F3N2O4.C8H4ClF3O.C7H7N3O3.CH3F/c17-16(18,19)12-6-4-10(5-7-12)15(23)20-9-14(22)11-2-1-3-13(8-11)21(24)25;9-7(13)5-1-3-6(4-2-5)8(10,11)12;8-9-7(11)5-2-1-3-6(4-5)10(12)13;1-2/h1-8H,9H2,(H,20,23);1-4H;1-4H,8H2,(H,9,11);1H3/i;;;1D. The van der Waals surface area contributed by atoms with Crippen LogP contribution in [-0.4, -0.2) is 46.4 Å². The average Bonchev–Trinajstić information content (AvgIpc) is 3.13. The number of hydrogen-bond donors (Lipinski definition) is 3. The van der Waals surface area contributed by atoms with Gasteiger partial charge < -0.3 is 5.32 Å². The van der Waals surface area contributed by atoms with Gasteiger partial charge in [-0.2, -0.15) is 26.3 Å². The maximum atomic E-state index is 12.5. The second-order valence-electron chi connectivity index (χ2n) is 9.62. The van der Waals surface area contributed by atoms with Crippen molar-refractivity contribution in [3.63, 3.8) is 0 Å². The van der Waals surface area contributed by atoms with Gasteiger partial charge in [-0.1, -0.05) is 18.2 Å². The molecular weight excluding hydrogens is 751 g/mol. The van der Waals surface area contributed by atoms with Crippen molar-refractivity contribution in [2.45, 2.75) is 12.4 Å². The number of hydrazine groups is 1. The number of benzene rings is 4. The first-order valence-corrected chi connectivity index (χ1v) is 14.2. The second-order valence-corrected chi connectivity index (χ2v) is 9.96. The molecule has 13 nitrogen and oxygen atoms in total. The van der Waals surface area contributed by atoms with E-state index < -0.39 is 69.9 Å². The van der Waals surface area contributed by atoms with Gasteiger partial charge in [-0.15, -0.1) is 0 Å². The molecular formula is C32H25ClF7N5O8. The number of nitrogens with one attached hydrogen (secondary N) is 2. The number of nitro groups is 2. The number of non-ortho nitro benzene ring substituents is 2. The van der Waals surface area contributed by atoms with E-state index in [-0.39, 0.29) is 33.6 Å². The number of halogens is 8. The molecule has 4 aromatic rings. The number of carbonyl (C=O) groups is 4. The zero-order chi connectivity index (χ0) is 41.2. The molecule has 0 saturated heterocycles. The largest absolute Gasteiger partial charge is 0.416 e. The first-order chi connectivity index (χ1) is 25.2. The Labute approximate surface area is 300 Å². The molecule has 0 aromatic heterocycles. The average molecular weight is 777 g/mol. The van der Waals surface area contributed by atoms with Gasteiger partial charge >= 0.3 is 12.4 Å². The molecule has 0 radical (unpaired) electrons. The van der Waals surface area contributed by atoms with Crippen LogP contribution in [0.4, 0.5) is 42.1 Å². The van der Waals surface area contributed by atoms with Crippen molar-refractivity contribution < 1.29 is 61.1 Å². The van der Waals surface area contributed by atoms with Crippen molar-refractivity contribution in [1.82, 2.24) is 10.7 Å². The minimum Gasteiger partial charge on any atom is -0.345 e. The lowest BCUT2D eigenvalue weighted by Gasteiger charge is -2.08. The summed E-state index contributed by atoms with van der Waals surface area (Å²) in [6.45, 7) is -0.443. The van der Waals surface area contributed by atoms with Crippen molar-refractivity contribution in [3.8, 4) is 0 Å². The highest BCUT2D eigenvalue weighted by molar-refractivity contribution is 6.67. The summed E-state index contributed by atoms with van der Waals surface area (Å²) in [6, 6.07) is 17.5. The lowest BCUT2D eigenvalue weighted by molar-refractivity contribution is -0.385. The van der Waals surface area contributed by atoms with Gasteiger partial charge in [0.15, 0.2) is 5.78 Å². The number of alkyl halides is 7. The minimum absolute atomic E-state index is 0.0418. The Balaban J connectivity index is 0.000000424. The van der Waals surface area contributed by atoms with Crippen molar-refractivity contribution in [2.24, 2.45) is 5.84 Å². The fourth-order valence-corrected chi connectivity index (χ4v) is 3.73. The second kappa shape index (κ2) is 20.5. The summed E-state index contributed by atoms with van der Waals surface area (Å²) >= 11 is 5.05. The van der Waals surface area contributed by atoms with E-state index in [4.69, 9.17) is 18.8 Å². The summed E-state index contributed by atoms with van der Waals surface area (Å²) in [5.41, 5.74) is 0.0109. The van der Waals surface area contributed by atoms with Crippen LogP contribution in [0.3, 0.4) is 0 Å². The summed E-state index contributed by atoms with van der Waals surface area (Å²) in [4.78, 5) is 65.0. The fraction of sp³-hybridized carbons (Fsp3) is 0.125. The van der Waals surface area contributed by atoms with Gasteiger partial charge in [0.05, 0.1) is 36.0 Å². The van der Waals surface area contributed by atoms with E-state index in [1.165, 1.54) is 36.4 Å². The van der Waals surface area contributed by atoms with Crippen LogP contribution in [0.15, 0.2) is 97.1 Å². The molecule has 0 spiro atoms. The summed E-state index contributed by atoms with van der Waals surface area (Å²) in [5, 5.41) is 22.5. The van der Waals surface area contributed by atoms with E-state index in [0.29, 0.717) is 0 Å². The number of nitro benzene ring substituents is 2. The van der Waals surface area contributed by atoms with Crippen molar-refractivity contribution >= 4 is 45.8 Å². The van der Waals surface area contributed by atoms with Gasteiger partial charge in [0.1, 0.15) is 0 Å². The number of hydrogen-bond acceptors (Lipinski definition) is 9. The third-order valence-electron chi connectivity index (χ3n) is 6.15. The number of amides is 2. The zero-order valence-electron chi connectivity index (χ0n) is 27.4. The maximum Gasteiger partial charge on any atom is 0.416 e. The van der Waals surface area contributed by atoms with E-state index in [9.17, 15) is 70.1 Å². The summed E-state index contributed by atoms with van der Waals surface area (Å²) in [6.07, 6.45) is -8.89. The van der Waals surface area contributed by atoms with Crippen LogP contribution in [0, 0.1) is 20.2 Å². The van der Waals surface area contributed by atoms with E-state index in [1.807, 2.05) is 5.43 Å². The number of nitrogens with zero attached hydrogens (tertiary/aromatic N) is 2. The molecule has 4 aromatic carbocycles. The lowest BCUT2D eigenvalue weighted by atomic mass is 10.1. The third kappa shape index (κ3) is 14.8. The highest BCUT2D eigenvalue weighted by Gasteiger charge is 2.31. The molecule has 0 bridgehead atoms. The topological polar surface area (TPSA) is 205 Å². The molecule has 0 fully saturated rings. The molecule has 0 aliphatic heterocycles. The molecule has 0 unspecified atom stereocenters. The van der Waals surface area contributed by atoms with Gasteiger partial charge in [-0.05, 0) is 66.2 Å². The van der Waals surface area contributed by atoms with E-state index in [2.05, 4.69) is 5.32 Å². The highest BCUT2D eigenvalue weighted by Crippen LogP contribution is 2.30. The van der Waals surface area contributed by atoms with Crippen LogP contribution in [0.1, 0.15) is 53.9 Å². The molecule has 2 amide bonds. The van der Waals surface area contributed by atoms with E-state index >= 15 is 0 Å². The van der Waals surface area contributed by atoms with Crippen LogP contribution in [0.25, 0.3) is 0 Å². The summed E-state index contributed by atoms with van der Waals surface area (Å²) in [5.74, 6) is 3.01. The Kier molecular flexibility index (Phi) is 16.6. The summed E-state index contributed by atoms with van der Waals surface area (Å²) in [7, 11) is -1.00. The van der Waals surface area contributed by atoms with Crippen LogP contribution in [-0.2, 0) is 12.4 Å². The first kappa shape index (κ1) is 42.9. The van der Waals surface area contributed by atoms with Gasteiger partial charge in [0, 0.05) is 46.5 Å². The van der Waals surface area contributed by atoms with Crippen LogP contribution < -0.4 is 16.6 Å². The normalized spacial score (nSPS) is 10.6. The molecule has 0 aliphatic rings. The van der Waals surface area contributed by atoms with Crippen molar-refractivity contribution in [2.75, 3.05) is 13.7 Å². The number of ketones is 1. The van der Waals surface area contributed by atoms with Gasteiger partial charge in [-0.3, -0.25) is 49.2 Å². The molecule has 0 atom stereocenters. The third-order valence-corrected chi connectivity index (χ3v) is 6.37. The van der Waals surface area contributed by atoms with Crippen LogP contribution in [0.5, 0.6) is 0 Å². The molecule has 21 heteroatoms. The molecule has 53 heavy (non-hydrogen) atoms. The predicted octanol–water partition coefficient (Wildman–Crippen LogP) is 7.09. The Hall–Kier alpha value is -6.28. The number of nitrogens with two attached hydrogens (primary N) is 1. The van der Waals surface area contributed by atoms with Crippen molar-refractivity contribution in [1.29, 1.82) is 0 Å². The Morgan fingerprint density at radius 2 is 1.09 bits per heavy atom. The first-order valence-electron chi connectivity index (χ1n) is 14.6. The number of rotatable bonds is 8. The quantitative estimate of drug-likeness (QED) is 0.0317. The number of Topliss-reactive ketones (excluding diaryl/α,β-unsaturated/α-hetero) is 1. The molecule has 0 aliphatic carbocycles. The molecule has 0 heterocycles. The van der Waals surface area contributed by atoms with Crippen LogP contribution >= 0.6 is 11.6 Å². The van der Waals surface area contributed by atoms with Crippen molar-refractivity contribution in [3.05, 3.63) is 151 Å². The summed E-state index contributed by atoms with van der Waals surface area (Å²) < 4.78 is 88.9. The number of carbonyl (C=O) groups excluding carboxylic acids is 4.